The first kappa shape index (κ1) is 24.5. The third-order valence-corrected chi connectivity index (χ3v) is 9.99. The number of likely N-dealkylation sites (N-methyl/N-ethyl adjacent to an activating group) is 1. The van der Waals surface area contributed by atoms with Crippen LogP contribution in [-0.2, 0) is 10.8 Å². The zero-order valence-electron chi connectivity index (χ0n) is 19.7. The van der Waals surface area contributed by atoms with E-state index in [2.05, 4.69) is 142 Å². The van der Waals surface area contributed by atoms with E-state index in [4.69, 9.17) is 4.74 Å². The molecule has 0 bridgehead atoms. The second kappa shape index (κ2) is 9.93. The van der Waals surface area contributed by atoms with Gasteiger partial charge in [0.2, 0.25) is 0 Å². The molecule has 2 atom stereocenters. The molecule has 0 heterocycles. The number of nitrogens with zero attached hydrogens (tertiary/aromatic N) is 1. The van der Waals surface area contributed by atoms with Crippen LogP contribution in [0.4, 0.5) is 0 Å². The molecule has 1 fully saturated rings. The van der Waals surface area contributed by atoms with Crippen molar-refractivity contribution in [2.75, 3.05) is 26.2 Å². The molecule has 0 aromatic heterocycles. The Morgan fingerprint density at radius 1 is 0.697 bits per heavy atom. The van der Waals surface area contributed by atoms with Gasteiger partial charge >= 0.3 is 0 Å². The van der Waals surface area contributed by atoms with E-state index in [9.17, 15) is 0 Å². The molecule has 33 heavy (non-hydrogen) atoms. The maximum atomic E-state index is 6.08. The number of halogens is 2. The minimum absolute atomic E-state index is 0.131. The van der Waals surface area contributed by atoms with Crippen LogP contribution in [0.15, 0.2) is 84.9 Å². The minimum Gasteiger partial charge on any atom is -0.492 e. The van der Waals surface area contributed by atoms with E-state index in [1.165, 1.54) is 16.7 Å². The lowest BCUT2D eigenvalue weighted by Crippen LogP contribution is -2.27. The monoisotopic (exact) mass is 569 g/mol. The molecule has 4 heteroatoms. The van der Waals surface area contributed by atoms with Crippen LogP contribution in [0.2, 0.25) is 0 Å². The standard InChI is InChI=1S/C29H33Br2NO/c1-4-27(23-13-9-7-10-14-23)28(29(27,30)31,24-15-11-8-12-16-24)25-17-19-26(20-18-25)33-22-21-32(5-2)6-3/h7-20H,4-6,21-22H2,1-3H3. The minimum atomic E-state index is -0.303. The highest BCUT2D eigenvalue weighted by Crippen LogP contribution is 2.83. The maximum Gasteiger partial charge on any atom is 0.119 e. The Bertz CT molecular complexity index is 1030. The van der Waals surface area contributed by atoms with Crippen molar-refractivity contribution in [3.05, 3.63) is 102 Å². The lowest BCUT2D eigenvalue weighted by molar-refractivity contribution is 0.223. The maximum absolute atomic E-state index is 6.08. The summed E-state index contributed by atoms with van der Waals surface area (Å²) < 4.78 is 5.78. The molecule has 0 saturated heterocycles. The number of hydrogen-bond donors (Lipinski definition) is 0. The SMILES string of the molecule is CCN(CC)CCOc1ccc(C2(c3ccccc3)C(Br)(Br)C2(CC)c2ccccc2)cc1. The summed E-state index contributed by atoms with van der Waals surface area (Å²) in [5.74, 6) is 0.923. The van der Waals surface area contributed by atoms with Gasteiger partial charge in [0.1, 0.15) is 15.6 Å². The van der Waals surface area contributed by atoms with Gasteiger partial charge in [0.15, 0.2) is 0 Å². The van der Waals surface area contributed by atoms with E-state index in [0.29, 0.717) is 6.61 Å². The fraction of sp³-hybridized carbons (Fsp3) is 0.379. The van der Waals surface area contributed by atoms with Gasteiger partial charge in [-0.3, -0.25) is 0 Å². The van der Waals surface area contributed by atoms with E-state index in [-0.39, 0.29) is 14.1 Å². The predicted molar refractivity (Wildman–Crippen MR) is 146 cm³/mol. The van der Waals surface area contributed by atoms with Crippen LogP contribution in [0, 0.1) is 0 Å². The van der Waals surface area contributed by atoms with Gasteiger partial charge < -0.3 is 9.64 Å². The highest BCUT2D eigenvalue weighted by Gasteiger charge is 2.86. The number of benzene rings is 3. The number of ether oxygens (including phenoxy) is 1. The van der Waals surface area contributed by atoms with Crippen LogP contribution in [0.25, 0.3) is 0 Å². The van der Waals surface area contributed by atoms with Crippen LogP contribution in [0.3, 0.4) is 0 Å². The van der Waals surface area contributed by atoms with Crippen molar-refractivity contribution in [1.29, 1.82) is 0 Å². The van der Waals surface area contributed by atoms with E-state index in [1.54, 1.807) is 0 Å². The van der Waals surface area contributed by atoms with Gasteiger partial charge in [-0.25, -0.2) is 0 Å². The topological polar surface area (TPSA) is 12.5 Å². The van der Waals surface area contributed by atoms with Crippen molar-refractivity contribution in [3.63, 3.8) is 0 Å². The van der Waals surface area contributed by atoms with Gasteiger partial charge in [-0.15, -0.1) is 0 Å². The Morgan fingerprint density at radius 2 is 1.21 bits per heavy atom. The third-order valence-electron chi connectivity index (χ3n) is 7.45. The first-order chi connectivity index (χ1) is 16.0. The summed E-state index contributed by atoms with van der Waals surface area (Å²) in [5, 5.41) is 0. The first-order valence-corrected chi connectivity index (χ1v) is 13.5. The van der Waals surface area contributed by atoms with Crippen LogP contribution < -0.4 is 4.74 Å². The van der Waals surface area contributed by atoms with Gasteiger partial charge in [0.05, 0.1) is 5.41 Å². The van der Waals surface area contributed by atoms with Crippen molar-refractivity contribution in [3.8, 4) is 5.75 Å². The fourth-order valence-electron chi connectivity index (χ4n) is 5.70. The summed E-state index contributed by atoms with van der Waals surface area (Å²) in [7, 11) is 0. The highest BCUT2D eigenvalue weighted by atomic mass is 79.9. The molecule has 0 spiro atoms. The zero-order chi connectivity index (χ0) is 23.5. The Labute approximate surface area is 215 Å². The summed E-state index contributed by atoms with van der Waals surface area (Å²) in [6.45, 7) is 10.4. The Kier molecular flexibility index (Phi) is 7.38. The predicted octanol–water partition coefficient (Wildman–Crippen LogP) is 7.54. The highest BCUT2D eigenvalue weighted by molar-refractivity contribution is 9.25. The molecule has 0 radical (unpaired) electrons. The van der Waals surface area contributed by atoms with Crippen molar-refractivity contribution in [2.45, 2.75) is 41.3 Å². The molecule has 1 saturated carbocycles. The van der Waals surface area contributed by atoms with Crippen molar-refractivity contribution >= 4 is 31.9 Å². The van der Waals surface area contributed by atoms with Crippen molar-refractivity contribution < 1.29 is 4.74 Å². The second-order valence-electron chi connectivity index (χ2n) is 8.72. The number of hydrogen-bond acceptors (Lipinski definition) is 2. The van der Waals surface area contributed by atoms with Gasteiger partial charge in [-0.1, -0.05) is 125 Å². The van der Waals surface area contributed by atoms with Gasteiger partial charge in [0, 0.05) is 12.0 Å². The summed E-state index contributed by atoms with van der Waals surface area (Å²) in [6.07, 6.45) is 0.991. The van der Waals surface area contributed by atoms with E-state index in [1.807, 2.05) is 0 Å². The molecule has 1 aliphatic rings. The molecule has 0 aliphatic heterocycles. The van der Waals surface area contributed by atoms with E-state index < -0.39 is 0 Å². The zero-order valence-corrected chi connectivity index (χ0v) is 22.9. The molecule has 3 aromatic rings. The summed E-state index contributed by atoms with van der Waals surface area (Å²) in [5.41, 5.74) is 3.54. The lowest BCUT2D eigenvalue weighted by Gasteiger charge is -2.26. The lowest BCUT2D eigenvalue weighted by atomic mass is 9.76. The van der Waals surface area contributed by atoms with Crippen LogP contribution >= 0.6 is 31.9 Å². The quantitative estimate of drug-likeness (QED) is 0.233. The smallest absolute Gasteiger partial charge is 0.119 e. The summed E-state index contributed by atoms with van der Waals surface area (Å²) in [4.78, 5) is 2.38. The van der Waals surface area contributed by atoms with Gasteiger partial charge in [-0.2, -0.15) is 0 Å². The molecular weight excluding hydrogens is 538 g/mol. The third kappa shape index (κ3) is 3.79. The Hall–Kier alpha value is -1.62. The molecule has 1 aliphatic carbocycles. The van der Waals surface area contributed by atoms with Crippen LogP contribution in [-0.4, -0.2) is 34.4 Å². The number of alkyl halides is 2. The Morgan fingerprint density at radius 3 is 1.73 bits per heavy atom. The molecule has 174 valence electrons. The van der Waals surface area contributed by atoms with Crippen molar-refractivity contribution in [1.82, 2.24) is 4.90 Å². The Balaban J connectivity index is 1.73. The first-order valence-electron chi connectivity index (χ1n) is 11.9. The average molecular weight is 571 g/mol. The largest absolute Gasteiger partial charge is 0.492 e. The average Bonchev–Trinajstić information content (AvgIpc) is 3.34. The molecule has 4 rings (SSSR count). The van der Waals surface area contributed by atoms with Gasteiger partial charge in [0.25, 0.3) is 0 Å². The van der Waals surface area contributed by atoms with E-state index in [0.717, 1.165) is 31.8 Å². The molecule has 2 nitrogen and oxygen atoms in total. The molecule has 2 unspecified atom stereocenters. The normalized spacial score (nSPS) is 23.5. The molecule has 0 amide bonds. The molecule has 0 N–H and O–H groups in total. The van der Waals surface area contributed by atoms with Crippen LogP contribution in [0.1, 0.15) is 43.9 Å². The van der Waals surface area contributed by atoms with Crippen molar-refractivity contribution in [2.24, 2.45) is 0 Å². The van der Waals surface area contributed by atoms with Gasteiger partial charge in [-0.05, 0) is 48.3 Å². The molecule has 3 aromatic carbocycles. The van der Waals surface area contributed by atoms with Crippen LogP contribution in [0.5, 0.6) is 5.75 Å². The number of rotatable bonds is 10. The molecular formula is C29H33Br2NO. The second-order valence-corrected chi connectivity index (χ2v) is 12.2. The van der Waals surface area contributed by atoms with E-state index >= 15 is 0 Å². The fourth-order valence-corrected chi connectivity index (χ4v) is 8.71. The summed E-state index contributed by atoms with van der Waals surface area (Å²) >= 11 is 8.35. The summed E-state index contributed by atoms with van der Waals surface area (Å²) in [6, 6.07) is 30.5.